The Morgan fingerprint density at radius 3 is 2.60 bits per heavy atom. The minimum absolute atomic E-state index is 0.00608. The van der Waals surface area contributed by atoms with E-state index in [9.17, 15) is 4.39 Å². The number of aromatic nitrogens is 5. The van der Waals surface area contributed by atoms with E-state index in [1.54, 1.807) is 12.4 Å². The highest BCUT2D eigenvalue weighted by Crippen LogP contribution is 2.33. The van der Waals surface area contributed by atoms with E-state index in [2.05, 4.69) is 38.8 Å². The molecule has 128 valence electrons. The highest BCUT2D eigenvalue weighted by atomic mass is 19.1. The Kier molecular flexibility index (Phi) is 3.71. The molecule has 0 radical (unpaired) electrons. The summed E-state index contributed by atoms with van der Waals surface area (Å²) in [5.41, 5.74) is 3.34. The van der Waals surface area contributed by atoms with Crippen molar-refractivity contribution in [3.8, 4) is 5.69 Å². The lowest BCUT2D eigenvalue weighted by atomic mass is 9.87. The van der Waals surface area contributed by atoms with Gasteiger partial charge in [0.2, 0.25) is 5.95 Å². The van der Waals surface area contributed by atoms with E-state index in [1.807, 2.05) is 23.0 Å². The van der Waals surface area contributed by atoms with Gasteiger partial charge >= 0.3 is 0 Å². The first kappa shape index (κ1) is 15.7. The molecule has 1 aliphatic heterocycles. The van der Waals surface area contributed by atoms with Gasteiger partial charge in [0.1, 0.15) is 5.82 Å². The third-order valence-corrected chi connectivity index (χ3v) is 4.42. The van der Waals surface area contributed by atoms with Crippen molar-refractivity contribution in [1.29, 1.82) is 0 Å². The maximum absolute atomic E-state index is 13.1. The van der Waals surface area contributed by atoms with Crippen LogP contribution in [0.25, 0.3) is 5.69 Å². The fourth-order valence-corrected chi connectivity index (χ4v) is 3.35. The van der Waals surface area contributed by atoms with Crippen LogP contribution in [0.2, 0.25) is 0 Å². The molecule has 7 heteroatoms. The summed E-state index contributed by atoms with van der Waals surface area (Å²) >= 11 is 0. The molecule has 4 rings (SSSR count). The highest BCUT2D eigenvalue weighted by molar-refractivity contribution is 5.42. The van der Waals surface area contributed by atoms with Crippen LogP contribution < -0.4 is 4.90 Å². The van der Waals surface area contributed by atoms with Gasteiger partial charge in [-0.1, -0.05) is 13.8 Å². The van der Waals surface area contributed by atoms with Crippen molar-refractivity contribution in [3.05, 3.63) is 60.3 Å². The predicted molar refractivity (Wildman–Crippen MR) is 91.9 cm³/mol. The molecule has 0 spiro atoms. The van der Waals surface area contributed by atoms with Crippen LogP contribution in [0.5, 0.6) is 0 Å². The number of halogens is 1. The number of nitrogens with zero attached hydrogens (tertiary/aromatic N) is 6. The molecule has 0 atom stereocenters. The predicted octanol–water partition coefficient (Wildman–Crippen LogP) is 2.79. The standard InChI is InChI=1S/C18H19FN6/c1-18(2)7-15-13(8-23-25(15)14-3-5-20-6-4-14)11-24(12-18)17-10-21-16(19)9-22-17/h3-6,8-10H,7,11-12H2,1-2H3. The van der Waals surface area contributed by atoms with Crippen LogP contribution in [0, 0.1) is 11.4 Å². The second-order valence-corrected chi connectivity index (χ2v) is 7.13. The van der Waals surface area contributed by atoms with E-state index in [4.69, 9.17) is 0 Å². The van der Waals surface area contributed by atoms with E-state index in [-0.39, 0.29) is 5.41 Å². The molecule has 0 saturated heterocycles. The van der Waals surface area contributed by atoms with E-state index in [1.165, 1.54) is 11.9 Å². The Bertz CT molecular complexity index is 872. The zero-order chi connectivity index (χ0) is 17.4. The summed E-state index contributed by atoms with van der Waals surface area (Å²) in [6, 6.07) is 3.91. The molecule has 0 unspecified atom stereocenters. The van der Waals surface area contributed by atoms with Crippen molar-refractivity contribution in [2.75, 3.05) is 11.4 Å². The molecule has 3 aromatic rings. The molecule has 0 aromatic carbocycles. The first-order valence-electron chi connectivity index (χ1n) is 8.20. The van der Waals surface area contributed by atoms with Crippen LogP contribution in [-0.2, 0) is 13.0 Å². The van der Waals surface area contributed by atoms with Gasteiger partial charge in [-0.2, -0.15) is 9.49 Å². The molecule has 0 aliphatic carbocycles. The first-order valence-corrected chi connectivity index (χ1v) is 8.20. The summed E-state index contributed by atoms with van der Waals surface area (Å²) in [4.78, 5) is 14.2. The average molecular weight is 338 g/mol. The third-order valence-electron chi connectivity index (χ3n) is 4.42. The third kappa shape index (κ3) is 3.09. The van der Waals surface area contributed by atoms with Crippen LogP contribution in [0.4, 0.5) is 10.2 Å². The van der Waals surface area contributed by atoms with Gasteiger partial charge in [-0.15, -0.1) is 0 Å². The van der Waals surface area contributed by atoms with Gasteiger partial charge in [0.15, 0.2) is 0 Å². The molecule has 0 N–H and O–H groups in total. The topological polar surface area (TPSA) is 59.7 Å². The molecule has 0 saturated carbocycles. The van der Waals surface area contributed by atoms with Crippen molar-refractivity contribution in [2.45, 2.75) is 26.8 Å². The Balaban J connectivity index is 1.74. The normalized spacial score (nSPS) is 16.4. The lowest BCUT2D eigenvalue weighted by Gasteiger charge is -2.30. The Morgan fingerprint density at radius 2 is 1.88 bits per heavy atom. The van der Waals surface area contributed by atoms with Gasteiger partial charge in [-0.25, -0.2) is 14.6 Å². The molecule has 0 bridgehead atoms. The number of rotatable bonds is 2. The minimum atomic E-state index is -0.566. The SMILES string of the molecule is CC1(C)Cc2c(cnn2-c2ccncc2)CN(c2cnc(F)cn2)C1. The molecule has 4 heterocycles. The van der Waals surface area contributed by atoms with Crippen LogP contribution in [-0.4, -0.2) is 31.3 Å². The fraction of sp³-hybridized carbons (Fsp3) is 0.333. The lowest BCUT2D eigenvalue weighted by molar-refractivity contribution is 0.363. The smallest absolute Gasteiger partial charge is 0.231 e. The molecule has 1 aliphatic rings. The molecular formula is C18H19FN6. The van der Waals surface area contributed by atoms with Crippen molar-refractivity contribution in [1.82, 2.24) is 24.7 Å². The van der Waals surface area contributed by atoms with Gasteiger partial charge in [0.25, 0.3) is 0 Å². The number of hydrogen-bond donors (Lipinski definition) is 0. The Hall–Kier alpha value is -2.83. The second-order valence-electron chi connectivity index (χ2n) is 7.13. The number of pyridine rings is 1. The summed E-state index contributed by atoms with van der Waals surface area (Å²) in [6.07, 6.45) is 8.98. The van der Waals surface area contributed by atoms with Crippen LogP contribution in [0.15, 0.2) is 43.1 Å². The number of hydrogen-bond acceptors (Lipinski definition) is 5. The second kappa shape index (κ2) is 5.91. The van der Waals surface area contributed by atoms with E-state index >= 15 is 0 Å². The van der Waals surface area contributed by atoms with Crippen LogP contribution in [0.1, 0.15) is 25.1 Å². The molecule has 6 nitrogen and oxygen atoms in total. The van der Waals surface area contributed by atoms with Gasteiger partial charge in [-0.05, 0) is 24.0 Å². The summed E-state index contributed by atoms with van der Waals surface area (Å²) < 4.78 is 15.1. The minimum Gasteiger partial charge on any atom is -0.350 e. The summed E-state index contributed by atoms with van der Waals surface area (Å²) in [7, 11) is 0. The monoisotopic (exact) mass is 338 g/mol. The zero-order valence-corrected chi connectivity index (χ0v) is 14.2. The van der Waals surface area contributed by atoms with E-state index in [0.29, 0.717) is 12.4 Å². The first-order chi connectivity index (χ1) is 12.0. The summed E-state index contributed by atoms with van der Waals surface area (Å²) in [6.45, 7) is 5.91. The Labute approximate surface area is 145 Å². The fourth-order valence-electron chi connectivity index (χ4n) is 3.35. The molecule has 0 amide bonds. The van der Waals surface area contributed by atoms with E-state index in [0.717, 1.165) is 30.4 Å². The van der Waals surface area contributed by atoms with E-state index < -0.39 is 5.95 Å². The lowest BCUT2D eigenvalue weighted by Crippen LogP contribution is -2.33. The van der Waals surface area contributed by atoms with Crippen molar-refractivity contribution in [2.24, 2.45) is 5.41 Å². The maximum atomic E-state index is 13.1. The summed E-state index contributed by atoms with van der Waals surface area (Å²) in [5.74, 6) is 0.114. The Morgan fingerprint density at radius 1 is 1.08 bits per heavy atom. The van der Waals surface area contributed by atoms with Crippen molar-refractivity contribution in [3.63, 3.8) is 0 Å². The quantitative estimate of drug-likeness (QED) is 0.719. The average Bonchev–Trinajstić information content (AvgIpc) is 2.91. The van der Waals surface area contributed by atoms with Gasteiger partial charge < -0.3 is 4.90 Å². The van der Waals surface area contributed by atoms with Crippen LogP contribution in [0.3, 0.4) is 0 Å². The van der Waals surface area contributed by atoms with Gasteiger partial charge in [0, 0.05) is 36.7 Å². The maximum Gasteiger partial charge on any atom is 0.231 e. The molecule has 3 aromatic heterocycles. The highest BCUT2D eigenvalue weighted by Gasteiger charge is 2.31. The summed E-state index contributed by atoms with van der Waals surface area (Å²) in [5, 5.41) is 4.58. The largest absolute Gasteiger partial charge is 0.350 e. The van der Waals surface area contributed by atoms with Crippen LogP contribution >= 0.6 is 0 Å². The number of fused-ring (bicyclic) bond motifs is 1. The number of anilines is 1. The molecule has 0 fully saturated rings. The van der Waals surface area contributed by atoms with Gasteiger partial charge in [-0.3, -0.25) is 4.98 Å². The zero-order valence-electron chi connectivity index (χ0n) is 14.2. The molecule has 25 heavy (non-hydrogen) atoms. The van der Waals surface area contributed by atoms with Crippen molar-refractivity contribution >= 4 is 5.82 Å². The van der Waals surface area contributed by atoms with Crippen molar-refractivity contribution < 1.29 is 4.39 Å². The molecular weight excluding hydrogens is 319 g/mol. The van der Waals surface area contributed by atoms with Gasteiger partial charge in [0.05, 0.1) is 24.3 Å².